The van der Waals surface area contributed by atoms with Crippen LogP contribution < -0.4 is 10.6 Å². The monoisotopic (exact) mass is 362 g/mol. The standard InChI is InChI=1S/C18H19ClN2O2S/c1-10-8-14(10)18(23)21-13-5-3-4-12(9-13)17(22)20-11(2)15-6-7-16(19)24-15/h3-7,9-11,14H,8H2,1-2H3,(H,20,22)(H,21,23). The van der Waals surface area contributed by atoms with E-state index in [-0.39, 0.29) is 23.8 Å². The summed E-state index contributed by atoms with van der Waals surface area (Å²) in [6, 6.07) is 10.6. The predicted octanol–water partition coefficient (Wildman–Crippen LogP) is 4.49. The molecule has 3 atom stereocenters. The van der Waals surface area contributed by atoms with E-state index in [1.807, 2.05) is 19.1 Å². The molecule has 1 saturated carbocycles. The van der Waals surface area contributed by atoms with Gasteiger partial charge < -0.3 is 10.6 Å². The number of hydrogen-bond acceptors (Lipinski definition) is 3. The Balaban J connectivity index is 1.64. The molecular formula is C18H19ClN2O2S. The Hall–Kier alpha value is -1.85. The highest BCUT2D eigenvalue weighted by Gasteiger charge is 2.39. The minimum Gasteiger partial charge on any atom is -0.345 e. The molecule has 1 heterocycles. The molecule has 3 rings (SSSR count). The maximum Gasteiger partial charge on any atom is 0.251 e. The minimum atomic E-state index is -0.178. The van der Waals surface area contributed by atoms with Crippen LogP contribution in [-0.4, -0.2) is 11.8 Å². The average molecular weight is 363 g/mol. The Morgan fingerprint density at radius 1 is 1.29 bits per heavy atom. The molecule has 4 nitrogen and oxygen atoms in total. The fourth-order valence-electron chi connectivity index (χ4n) is 2.57. The Kier molecular flexibility index (Phi) is 4.92. The summed E-state index contributed by atoms with van der Waals surface area (Å²) in [7, 11) is 0. The van der Waals surface area contributed by atoms with Gasteiger partial charge in [0.2, 0.25) is 5.91 Å². The molecule has 1 fully saturated rings. The molecule has 2 N–H and O–H groups in total. The van der Waals surface area contributed by atoms with Gasteiger partial charge in [-0.15, -0.1) is 11.3 Å². The normalized spacial score (nSPS) is 20.3. The van der Waals surface area contributed by atoms with Crippen LogP contribution in [0.4, 0.5) is 5.69 Å². The van der Waals surface area contributed by atoms with Gasteiger partial charge in [-0.05, 0) is 49.6 Å². The van der Waals surface area contributed by atoms with E-state index in [0.717, 1.165) is 11.3 Å². The van der Waals surface area contributed by atoms with E-state index in [9.17, 15) is 9.59 Å². The molecule has 1 aliphatic carbocycles. The third-order valence-electron chi connectivity index (χ3n) is 4.21. The maximum absolute atomic E-state index is 12.4. The smallest absolute Gasteiger partial charge is 0.251 e. The van der Waals surface area contributed by atoms with Gasteiger partial charge in [0.1, 0.15) is 0 Å². The number of benzene rings is 1. The Morgan fingerprint density at radius 3 is 2.67 bits per heavy atom. The average Bonchev–Trinajstić information content (AvgIpc) is 3.12. The van der Waals surface area contributed by atoms with E-state index >= 15 is 0 Å². The van der Waals surface area contributed by atoms with Gasteiger partial charge in [-0.1, -0.05) is 24.6 Å². The van der Waals surface area contributed by atoms with Gasteiger partial charge in [0, 0.05) is 22.0 Å². The second-order valence-electron chi connectivity index (χ2n) is 6.23. The summed E-state index contributed by atoms with van der Waals surface area (Å²) in [5, 5.41) is 5.83. The van der Waals surface area contributed by atoms with Gasteiger partial charge in [0.15, 0.2) is 0 Å². The van der Waals surface area contributed by atoms with Crippen LogP contribution in [0.15, 0.2) is 36.4 Å². The minimum absolute atomic E-state index is 0.0293. The molecule has 0 aliphatic heterocycles. The molecule has 1 aromatic carbocycles. The lowest BCUT2D eigenvalue weighted by atomic mass is 10.1. The summed E-state index contributed by atoms with van der Waals surface area (Å²) in [6.45, 7) is 3.98. The van der Waals surface area contributed by atoms with Gasteiger partial charge in [-0.3, -0.25) is 9.59 Å². The zero-order chi connectivity index (χ0) is 17.3. The summed E-state index contributed by atoms with van der Waals surface area (Å²) in [6.07, 6.45) is 0.937. The summed E-state index contributed by atoms with van der Waals surface area (Å²) >= 11 is 7.38. The third kappa shape index (κ3) is 3.97. The van der Waals surface area contributed by atoms with E-state index in [2.05, 4.69) is 17.6 Å². The van der Waals surface area contributed by atoms with Crippen molar-refractivity contribution < 1.29 is 9.59 Å². The molecule has 1 aliphatic rings. The van der Waals surface area contributed by atoms with Gasteiger partial charge in [0.25, 0.3) is 5.91 Å². The van der Waals surface area contributed by atoms with Gasteiger partial charge >= 0.3 is 0 Å². The summed E-state index contributed by atoms with van der Waals surface area (Å²) < 4.78 is 0.699. The number of thiophene rings is 1. The fraction of sp³-hybridized carbons (Fsp3) is 0.333. The van der Waals surface area contributed by atoms with Crippen LogP contribution >= 0.6 is 22.9 Å². The van der Waals surface area contributed by atoms with Crippen LogP contribution in [0.25, 0.3) is 0 Å². The van der Waals surface area contributed by atoms with Crippen LogP contribution in [0.2, 0.25) is 4.34 Å². The first-order valence-electron chi connectivity index (χ1n) is 7.91. The van der Waals surface area contributed by atoms with E-state index in [0.29, 0.717) is 21.5 Å². The van der Waals surface area contributed by atoms with Crippen LogP contribution in [0.5, 0.6) is 0 Å². The highest BCUT2D eigenvalue weighted by atomic mass is 35.5. The van der Waals surface area contributed by atoms with Crippen molar-refractivity contribution in [3.05, 3.63) is 51.2 Å². The lowest BCUT2D eigenvalue weighted by Crippen LogP contribution is -2.26. The molecule has 0 radical (unpaired) electrons. The molecule has 6 heteroatoms. The van der Waals surface area contributed by atoms with Gasteiger partial charge in [-0.2, -0.15) is 0 Å². The molecule has 126 valence electrons. The number of carbonyl (C=O) groups is 2. The molecule has 24 heavy (non-hydrogen) atoms. The molecular weight excluding hydrogens is 344 g/mol. The van der Waals surface area contributed by atoms with E-state index in [1.165, 1.54) is 11.3 Å². The van der Waals surface area contributed by atoms with Crippen molar-refractivity contribution in [2.24, 2.45) is 11.8 Å². The molecule has 0 spiro atoms. The number of anilines is 1. The first-order valence-corrected chi connectivity index (χ1v) is 9.10. The second kappa shape index (κ2) is 6.95. The SMILES string of the molecule is CC(NC(=O)c1cccc(NC(=O)C2CC2C)c1)c1ccc(Cl)s1. The Labute approximate surface area is 150 Å². The fourth-order valence-corrected chi connectivity index (χ4v) is 3.64. The maximum atomic E-state index is 12.4. The van der Waals surface area contributed by atoms with Crippen molar-refractivity contribution in [2.75, 3.05) is 5.32 Å². The van der Waals surface area contributed by atoms with Crippen molar-refractivity contribution in [3.63, 3.8) is 0 Å². The van der Waals surface area contributed by atoms with Gasteiger partial charge in [-0.25, -0.2) is 0 Å². The highest BCUT2D eigenvalue weighted by molar-refractivity contribution is 7.16. The number of hydrogen-bond donors (Lipinski definition) is 2. The molecule has 1 aromatic heterocycles. The van der Waals surface area contributed by atoms with Crippen molar-refractivity contribution in [1.29, 1.82) is 0 Å². The van der Waals surface area contributed by atoms with E-state index in [1.54, 1.807) is 24.3 Å². The molecule has 2 aromatic rings. The lowest BCUT2D eigenvalue weighted by Gasteiger charge is -2.13. The first kappa shape index (κ1) is 17.0. The number of rotatable bonds is 5. The largest absolute Gasteiger partial charge is 0.345 e. The lowest BCUT2D eigenvalue weighted by molar-refractivity contribution is -0.117. The molecule has 0 saturated heterocycles. The van der Waals surface area contributed by atoms with Crippen LogP contribution in [0, 0.1) is 11.8 Å². The van der Waals surface area contributed by atoms with Crippen molar-refractivity contribution >= 4 is 40.4 Å². The first-order chi connectivity index (χ1) is 11.4. The topological polar surface area (TPSA) is 58.2 Å². The Bertz CT molecular complexity index is 774. The molecule has 0 bridgehead atoms. The quantitative estimate of drug-likeness (QED) is 0.823. The number of amides is 2. The highest BCUT2D eigenvalue weighted by Crippen LogP contribution is 2.38. The van der Waals surface area contributed by atoms with Crippen LogP contribution in [0.1, 0.15) is 41.5 Å². The van der Waals surface area contributed by atoms with Gasteiger partial charge in [0.05, 0.1) is 10.4 Å². The zero-order valence-corrected chi connectivity index (χ0v) is 15.1. The Morgan fingerprint density at radius 2 is 2.04 bits per heavy atom. The van der Waals surface area contributed by atoms with Crippen LogP contribution in [0.3, 0.4) is 0 Å². The predicted molar refractivity (Wildman–Crippen MR) is 97.6 cm³/mol. The summed E-state index contributed by atoms with van der Waals surface area (Å²) in [5.74, 6) is 0.408. The van der Waals surface area contributed by atoms with Crippen molar-refractivity contribution in [2.45, 2.75) is 26.3 Å². The van der Waals surface area contributed by atoms with Crippen molar-refractivity contribution in [3.8, 4) is 0 Å². The van der Waals surface area contributed by atoms with E-state index < -0.39 is 0 Å². The number of halogens is 1. The van der Waals surface area contributed by atoms with Crippen LogP contribution in [-0.2, 0) is 4.79 Å². The number of carbonyl (C=O) groups excluding carboxylic acids is 2. The summed E-state index contributed by atoms with van der Waals surface area (Å²) in [4.78, 5) is 25.4. The summed E-state index contributed by atoms with van der Waals surface area (Å²) in [5.41, 5.74) is 1.17. The zero-order valence-electron chi connectivity index (χ0n) is 13.5. The van der Waals surface area contributed by atoms with E-state index in [4.69, 9.17) is 11.6 Å². The molecule has 2 amide bonds. The third-order valence-corrected chi connectivity index (χ3v) is 5.62. The number of nitrogens with one attached hydrogen (secondary N) is 2. The molecule has 3 unspecified atom stereocenters. The van der Waals surface area contributed by atoms with Crippen molar-refractivity contribution in [1.82, 2.24) is 5.32 Å². The second-order valence-corrected chi connectivity index (χ2v) is 7.97.